The first-order chi connectivity index (χ1) is 13.7. The molecule has 1 unspecified atom stereocenters. The summed E-state index contributed by atoms with van der Waals surface area (Å²) in [6, 6.07) is 4.46. The predicted molar refractivity (Wildman–Crippen MR) is 97.0 cm³/mol. The van der Waals surface area contributed by atoms with Crippen LogP contribution in [0.15, 0.2) is 41.3 Å². The number of nitrogens with zero attached hydrogens (tertiary/aromatic N) is 6. The molecular weight excluding hydrogens is 362 g/mol. The quantitative estimate of drug-likeness (QED) is 0.685. The molecule has 4 heterocycles. The van der Waals surface area contributed by atoms with Crippen LogP contribution in [0.1, 0.15) is 23.3 Å². The van der Waals surface area contributed by atoms with E-state index in [-0.39, 0.29) is 24.1 Å². The van der Waals surface area contributed by atoms with Crippen molar-refractivity contribution < 1.29 is 14.1 Å². The Kier molecular flexibility index (Phi) is 4.83. The molecule has 0 aliphatic carbocycles. The van der Waals surface area contributed by atoms with E-state index >= 15 is 0 Å². The van der Waals surface area contributed by atoms with E-state index in [1.54, 1.807) is 41.5 Å². The second-order valence-electron chi connectivity index (χ2n) is 6.29. The van der Waals surface area contributed by atoms with Crippen molar-refractivity contribution in [3.8, 4) is 11.4 Å². The summed E-state index contributed by atoms with van der Waals surface area (Å²) in [7, 11) is 0. The van der Waals surface area contributed by atoms with Crippen LogP contribution in [-0.2, 0) is 17.8 Å². The van der Waals surface area contributed by atoms with E-state index in [9.17, 15) is 9.59 Å². The van der Waals surface area contributed by atoms with Crippen molar-refractivity contribution in [3.63, 3.8) is 0 Å². The highest BCUT2D eigenvalue weighted by atomic mass is 16.5. The molecule has 3 aromatic heterocycles. The number of piperazine rings is 1. The second kappa shape index (κ2) is 7.59. The molecule has 0 bridgehead atoms. The Bertz CT molecular complexity index is 982. The van der Waals surface area contributed by atoms with Gasteiger partial charge in [0.2, 0.25) is 17.6 Å². The lowest BCUT2D eigenvalue weighted by atomic mass is 10.1. The van der Waals surface area contributed by atoms with Gasteiger partial charge in [0.25, 0.3) is 5.91 Å². The molecule has 10 heteroatoms. The SMILES string of the molecule is CCn1nccc1C(=O)N1CCNC(=O)C1Cc1nc(-c2ccncc2)no1. The van der Waals surface area contributed by atoms with Gasteiger partial charge in [0, 0.05) is 43.8 Å². The molecule has 144 valence electrons. The van der Waals surface area contributed by atoms with Gasteiger partial charge < -0.3 is 14.7 Å². The Morgan fingerprint density at radius 2 is 2.11 bits per heavy atom. The van der Waals surface area contributed by atoms with E-state index in [0.29, 0.717) is 31.2 Å². The fraction of sp³-hybridized carbons (Fsp3) is 0.333. The van der Waals surface area contributed by atoms with Crippen molar-refractivity contribution in [1.82, 2.24) is 35.1 Å². The third-order valence-electron chi connectivity index (χ3n) is 4.60. The van der Waals surface area contributed by atoms with Crippen LogP contribution in [0.5, 0.6) is 0 Å². The molecule has 28 heavy (non-hydrogen) atoms. The standard InChI is InChI=1S/C18H19N7O3/c1-2-25-13(5-8-21-25)18(27)24-10-9-20-17(26)14(24)11-15-22-16(23-28-15)12-3-6-19-7-4-12/h3-8,14H,2,9-11H2,1H3,(H,20,26). The highest BCUT2D eigenvalue weighted by Crippen LogP contribution is 2.18. The first-order valence-corrected chi connectivity index (χ1v) is 9.01. The van der Waals surface area contributed by atoms with Crippen molar-refractivity contribution in [1.29, 1.82) is 0 Å². The van der Waals surface area contributed by atoms with E-state index in [0.717, 1.165) is 5.56 Å². The van der Waals surface area contributed by atoms with Gasteiger partial charge in [-0.3, -0.25) is 19.3 Å². The van der Waals surface area contributed by atoms with Gasteiger partial charge in [0.15, 0.2) is 0 Å². The normalized spacial score (nSPS) is 16.8. The highest BCUT2D eigenvalue weighted by Gasteiger charge is 2.36. The van der Waals surface area contributed by atoms with Gasteiger partial charge in [-0.25, -0.2) is 0 Å². The van der Waals surface area contributed by atoms with E-state index in [4.69, 9.17) is 4.52 Å². The molecule has 3 aromatic rings. The molecule has 10 nitrogen and oxygen atoms in total. The van der Waals surface area contributed by atoms with Gasteiger partial charge in [-0.2, -0.15) is 10.1 Å². The molecule has 1 saturated heterocycles. The van der Waals surface area contributed by atoms with Gasteiger partial charge >= 0.3 is 0 Å². The van der Waals surface area contributed by atoms with Crippen LogP contribution in [-0.4, -0.2) is 60.8 Å². The number of aryl methyl sites for hydroxylation is 1. The first kappa shape index (κ1) is 17.8. The number of amides is 2. The van der Waals surface area contributed by atoms with Gasteiger partial charge in [-0.15, -0.1) is 0 Å². The fourth-order valence-electron chi connectivity index (χ4n) is 3.20. The smallest absolute Gasteiger partial charge is 0.272 e. The summed E-state index contributed by atoms with van der Waals surface area (Å²) in [4.78, 5) is 35.4. The summed E-state index contributed by atoms with van der Waals surface area (Å²) in [5.41, 5.74) is 1.21. The Hall–Kier alpha value is -3.56. The maximum Gasteiger partial charge on any atom is 0.272 e. The number of rotatable bonds is 5. The van der Waals surface area contributed by atoms with Crippen LogP contribution < -0.4 is 5.32 Å². The zero-order chi connectivity index (χ0) is 19.5. The highest BCUT2D eigenvalue weighted by molar-refractivity contribution is 5.97. The zero-order valence-corrected chi connectivity index (χ0v) is 15.3. The third kappa shape index (κ3) is 3.36. The number of hydrogen-bond donors (Lipinski definition) is 1. The van der Waals surface area contributed by atoms with E-state index < -0.39 is 6.04 Å². The largest absolute Gasteiger partial charge is 0.353 e. The maximum absolute atomic E-state index is 13.0. The molecule has 0 radical (unpaired) electrons. The molecule has 1 N–H and O–H groups in total. The molecule has 1 aliphatic rings. The number of hydrogen-bond acceptors (Lipinski definition) is 7. The van der Waals surface area contributed by atoms with Crippen LogP contribution >= 0.6 is 0 Å². The van der Waals surface area contributed by atoms with Crippen molar-refractivity contribution in [2.24, 2.45) is 0 Å². The van der Waals surface area contributed by atoms with Crippen LogP contribution in [0.2, 0.25) is 0 Å². The Labute approximate surface area is 160 Å². The van der Waals surface area contributed by atoms with Gasteiger partial charge in [0.1, 0.15) is 11.7 Å². The summed E-state index contributed by atoms with van der Waals surface area (Å²) in [5.74, 6) is 0.213. The molecule has 0 spiro atoms. The summed E-state index contributed by atoms with van der Waals surface area (Å²) in [6.45, 7) is 3.27. The Balaban J connectivity index is 1.57. The monoisotopic (exact) mass is 381 g/mol. The van der Waals surface area contributed by atoms with Crippen LogP contribution in [0, 0.1) is 0 Å². The molecular formula is C18H19N7O3. The summed E-state index contributed by atoms with van der Waals surface area (Å²) >= 11 is 0. The second-order valence-corrected chi connectivity index (χ2v) is 6.29. The Morgan fingerprint density at radius 3 is 2.89 bits per heavy atom. The van der Waals surface area contributed by atoms with E-state index in [2.05, 4.69) is 25.5 Å². The zero-order valence-electron chi connectivity index (χ0n) is 15.3. The first-order valence-electron chi connectivity index (χ1n) is 9.01. The van der Waals surface area contributed by atoms with Crippen molar-refractivity contribution >= 4 is 11.8 Å². The molecule has 1 fully saturated rings. The van der Waals surface area contributed by atoms with Crippen LogP contribution in [0.3, 0.4) is 0 Å². The molecule has 0 saturated carbocycles. The number of aromatic nitrogens is 5. The topological polar surface area (TPSA) is 119 Å². The maximum atomic E-state index is 13.0. The summed E-state index contributed by atoms with van der Waals surface area (Å²) < 4.78 is 6.93. The van der Waals surface area contributed by atoms with Gasteiger partial charge in [-0.05, 0) is 25.1 Å². The number of pyridine rings is 1. The van der Waals surface area contributed by atoms with E-state index in [1.165, 1.54) is 4.90 Å². The lowest BCUT2D eigenvalue weighted by molar-refractivity contribution is -0.128. The minimum absolute atomic E-state index is 0.135. The van der Waals surface area contributed by atoms with Crippen LogP contribution in [0.25, 0.3) is 11.4 Å². The predicted octanol–water partition coefficient (Wildman–Crippen LogP) is 0.531. The average molecular weight is 381 g/mol. The fourth-order valence-corrected chi connectivity index (χ4v) is 3.20. The lowest BCUT2D eigenvalue weighted by Gasteiger charge is -2.34. The molecule has 2 amide bonds. The third-order valence-corrected chi connectivity index (χ3v) is 4.60. The lowest BCUT2D eigenvalue weighted by Crippen LogP contribution is -2.58. The molecule has 0 aromatic carbocycles. The minimum atomic E-state index is -0.729. The van der Waals surface area contributed by atoms with Crippen molar-refractivity contribution in [2.75, 3.05) is 13.1 Å². The number of carbonyl (C=O) groups is 2. The van der Waals surface area contributed by atoms with Gasteiger partial charge in [0.05, 0.1) is 6.42 Å². The average Bonchev–Trinajstić information content (AvgIpc) is 3.39. The van der Waals surface area contributed by atoms with Crippen molar-refractivity contribution in [3.05, 3.63) is 48.4 Å². The van der Waals surface area contributed by atoms with E-state index in [1.807, 2.05) is 6.92 Å². The molecule has 4 rings (SSSR count). The summed E-state index contributed by atoms with van der Waals surface area (Å²) in [6.07, 6.45) is 4.99. The minimum Gasteiger partial charge on any atom is -0.353 e. The molecule has 1 atom stereocenters. The van der Waals surface area contributed by atoms with Gasteiger partial charge in [-0.1, -0.05) is 5.16 Å². The van der Waals surface area contributed by atoms with Crippen molar-refractivity contribution in [2.45, 2.75) is 25.9 Å². The number of carbonyl (C=O) groups excluding carboxylic acids is 2. The summed E-state index contributed by atoms with van der Waals surface area (Å²) in [5, 5.41) is 10.9. The molecule has 1 aliphatic heterocycles. The number of nitrogens with one attached hydrogen (secondary N) is 1. The Morgan fingerprint density at radius 1 is 1.29 bits per heavy atom. The van der Waals surface area contributed by atoms with Crippen LogP contribution in [0.4, 0.5) is 0 Å².